The van der Waals surface area contributed by atoms with Gasteiger partial charge in [-0.15, -0.1) is 0 Å². The topological polar surface area (TPSA) is 119 Å². The van der Waals surface area contributed by atoms with Gasteiger partial charge in [0.2, 0.25) is 10.0 Å². The van der Waals surface area contributed by atoms with Crippen LogP contribution in [0.2, 0.25) is 5.02 Å². The van der Waals surface area contributed by atoms with Gasteiger partial charge in [0, 0.05) is 13.1 Å². The van der Waals surface area contributed by atoms with Crippen LogP contribution in [0.1, 0.15) is 31.1 Å². The van der Waals surface area contributed by atoms with E-state index in [1.807, 2.05) is 5.32 Å². The van der Waals surface area contributed by atoms with Gasteiger partial charge in [-0.3, -0.25) is 10.1 Å². The van der Waals surface area contributed by atoms with Gasteiger partial charge in [-0.1, -0.05) is 11.6 Å². The molecule has 0 aliphatic carbocycles. The predicted molar refractivity (Wildman–Crippen MR) is 97.0 cm³/mol. The Morgan fingerprint density at radius 3 is 2.41 bits per heavy atom. The molecule has 0 heterocycles. The smallest absolute Gasteiger partial charge is 0.413 e. The van der Waals surface area contributed by atoms with Gasteiger partial charge in [-0.05, 0) is 39.0 Å². The molecule has 0 atom stereocenters. The molecule has 0 spiro atoms. The first-order valence-corrected chi connectivity index (χ1v) is 9.73. The van der Waals surface area contributed by atoms with E-state index in [4.69, 9.17) is 16.3 Å². The van der Waals surface area contributed by atoms with Crippen LogP contribution >= 0.6 is 11.6 Å². The maximum Gasteiger partial charge on any atom is 0.413 e. The number of halogens is 1. The number of hydrogen-bond donors (Lipinski definition) is 1. The lowest BCUT2D eigenvalue weighted by Gasteiger charge is -2.21. The van der Waals surface area contributed by atoms with Crippen LogP contribution in [0.4, 0.5) is 4.79 Å². The molecule has 150 valence electrons. The molecule has 9 nitrogen and oxygen atoms in total. The highest BCUT2D eigenvalue weighted by atomic mass is 35.5. The van der Waals surface area contributed by atoms with Crippen LogP contribution in [0.25, 0.3) is 0 Å². The summed E-state index contributed by atoms with van der Waals surface area (Å²) in [7, 11) is -2.43. The van der Waals surface area contributed by atoms with Crippen LogP contribution in [0, 0.1) is 0 Å². The minimum atomic E-state index is -3.84. The number of imide groups is 1. The average Bonchev–Trinajstić information content (AvgIpc) is 2.59. The molecular formula is C16H21ClN2O7S. The second-order valence-corrected chi connectivity index (χ2v) is 8.01. The van der Waals surface area contributed by atoms with E-state index in [-0.39, 0.29) is 28.1 Å². The molecule has 1 N–H and O–H groups in total. The Balaban J connectivity index is 2.93. The Bertz CT molecular complexity index is 824. The van der Waals surface area contributed by atoms with Crippen LogP contribution in [0.15, 0.2) is 23.1 Å². The predicted octanol–water partition coefficient (Wildman–Crippen LogP) is 1.80. The number of rotatable bonds is 7. The summed E-state index contributed by atoms with van der Waals surface area (Å²) in [5.74, 6) is -1.91. The lowest BCUT2D eigenvalue weighted by molar-refractivity contribution is -0.123. The number of amides is 2. The fraction of sp³-hybridized carbons (Fsp3) is 0.438. The van der Waals surface area contributed by atoms with E-state index in [1.165, 1.54) is 19.2 Å². The lowest BCUT2D eigenvalue weighted by Crippen LogP contribution is -2.34. The van der Waals surface area contributed by atoms with Crippen molar-refractivity contribution in [2.45, 2.75) is 31.7 Å². The Kier molecular flexibility index (Phi) is 8.20. The summed E-state index contributed by atoms with van der Waals surface area (Å²) in [4.78, 5) is 34.6. The fourth-order valence-electron chi connectivity index (χ4n) is 1.79. The van der Waals surface area contributed by atoms with Crippen LogP contribution < -0.4 is 5.32 Å². The number of nitrogens with one attached hydrogen (secondary N) is 1. The maximum absolute atomic E-state index is 12.5. The SMILES string of the molecule is CCOC(=O)NC(=O)COC(=O)c1cc(S(=O)(=O)N(C)C(C)C)ccc1Cl. The molecule has 11 heteroatoms. The number of carbonyl (C=O) groups is 3. The van der Waals surface area contributed by atoms with E-state index in [9.17, 15) is 22.8 Å². The number of benzene rings is 1. The normalized spacial score (nSPS) is 11.4. The molecule has 0 radical (unpaired) electrons. The standard InChI is InChI=1S/C16H21ClN2O7S/c1-5-25-16(22)18-14(20)9-26-15(21)12-8-11(6-7-13(12)17)27(23,24)19(4)10(2)3/h6-8,10H,5,9H2,1-4H3,(H,18,20,22). The summed E-state index contributed by atoms with van der Waals surface area (Å²) in [6.07, 6.45) is -0.971. The molecule has 0 bridgehead atoms. The van der Waals surface area contributed by atoms with E-state index < -0.39 is 34.6 Å². The first kappa shape index (κ1) is 22.9. The molecule has 1 rings (SSSR count). The number of nitrogens with zero attached hydrogens (tertiary/aromatic N) is 1. The number of alkyl carbamates (subject to hydrolysis) is 1. The number of ether oxygens (including phenoxy) is 2. The van der Waals surface area contributed by atoms with Gasteiger partial charge in [0.25, 0.3) is 5.91 Å². The second kappa shape index (κ2) is 9.67. The monoisotopic (exact) mass is 420 g/mol. The zero-order valence-electron chi connectivity index (χ0n) is 15.3. The van der Waals surface area contributed by atoms with Gasteiger partial charge < -0.3 is 9.47 Å². The van der Waals surface area contributed by atoms with Crippen molar-refractivity contribution >= 4 is 39.6 Å². The maximum atomic E-state index is 12.5. The van der Waals surface area contributed by atoms with Crippen molar-refractivity contribution in [2.24, 2.45) is 0 Å². The fourth-order valence-corrected chi connectivity index (χ4v) is 3.38. The summed E-state index contributed by atoms with van der Waals surface area (Å²) in [6, 6.07) is 3.29. The van der Waals surface area contributed by atoms with Crippen LogP contribution in [-0.4, -0.2) is 57.0 Å². The van der Waals surface area contributed by atoms with Crippen LogP contribution in [0.3, 0.4) is 0 Å². The second-order valence-electron chi connectivity index (χ2n) is 5.60. The van der Waals surface area contributed by atoms with Gasteiger partial charge in [-0.25, -0.2) is 18.0 Å². The van der Waals surface area contributed by atoms with E-state index >= 15 is 0 Å². The van der Waals surface area contributed by atoms with Crippen molar-refractivity contribution in [1.82, 2.24) is 9.62 Å². The molecule has 0 fully saturated rings. The molecule has 0 aliphatic rings. The van der Waals surface area contributed by atoms with Crippen molar-refractivity contribution in [3.63, 3.8) is 0 Å². The minimum absolute atomic E-state index is 0.0445. The van der Waals surface area contributed by atoms with E-state index in [0.717, 1.165) is 10.4 Å². The number of esters is 1. The molecule has 0 aromatic heterocycles. The van der Waals surface area contributed by atoms with Crippen molar-refractivity contribution in [3.8, 4) is 0 Å². The van der Waals surface area contributed by atoms with E-state index in [0.29, 0.717) is 0 Å². The van der Waals surface area contributed by atoms with Crippen LogP contribution in [0.5, 0.6) is 0 Å². The Morgan fingerprint density at radius 1 is 1.22 bits per heavy atom. The molecule has 0 unspecified atom stereocenters. The van der Waals surface area contributed by atoms with E-state index in [1.54, 1.807) is 20.8 Å². The van der Waals surface area contributed by atoms with Gasteiger partial charge in [0.05, 0.1) is 22.1 Å². The molecule has 1 aromatic rings. The van der Waals surface area contributed by atoms with Crippen molar-refractivity contribution < 1.29 is 32.3 Å². The molecule has 2 amide bonds. The van der Waals surface area contributed by atoms with Gasteiger partial charge >= 0.3 is 12.1 Å². The average molecular weight is 421 g/mol. The minimum Gasteiger partial charge on any atom is -0.452 e. The third kappa shape index (κ3) is 6.19. The highest BCUT2D eigenvalue weighted by Crippen LogP contribution is 2.24. The quantitative estimate of drug-likeness (QED) is 0.668. The summed E-state index contributed by atoms with van der Waals surface area (Å²) >= 11 is 5.94. The molecular weight excluding hydrogens is 400 g/mol. The summed E-state index contributed by atoms with van der Waals surface area (Å²) in [5, 5.41) is 1.81. The van der Waals surface area contributed by atoms with Gasteiger partial charge in [-0.2, -0.15) is 4.31 Å². The summed E-state index contributed by atoms with van der Waals surface area (Å²) in [6.45, 7) is 4.26. The number of carbonyl (C=O) groups excluding carboxylic acids is 3. The van der Waals surface area contributed by atoms with Crippen molar-refractivity contribution in [2.75, 3.05) is 20.3 Å². The van der Waals surface area contributed by atoms with Crippen molar-refractivity contribution in [1.29, 1.82) is 0 Å². The molecule has 0 aliphatic heterocycles. The first-order valence-electron chi connectivity index (χ1n) is 7.92. The Labute approximate surface area is 162 Å². The zero-order valence-corrected chi connectivity index (χ0v) is 16.9. The summed E-state index contributed by atoms with van der Waals surface area (Å²) < 4.78 is 35.5. The Hall–Kier alpha value is -2.17. The molecule has 0 saturated heterocycles. The van der Waals surface area contributed by atoms with Crippen LogP contribution in [-0.2, 0) is 24.3 Å². The lowest BCUT2D eigenvalue weighted by atomic mass is 10.2. The molecule has 1 aromatic carbocycles. The zero-order chi connectivity index (χ0) is 20.8. The third-order valence-electron chi connectivity index (χ3n) is 3.41. The van der Waals surface area contributed by atoms with Crippen molar-refractivity contribution in [3.05, 3.63) is 28.8 Å². The van der Waals surface area contributed by atoms with E-state index in [2.05, 4.69) is 4.74 Å². The van der Waals surface area contributed by atoms with Gasteiger partial charge in [0.15, 0.2) is 6.61 Å². The molecule has 0 saturated carbocycles. The first-order chi connectivity index (χ1) is 12.5. The third-order valence-corrected chi connectivity index (χ3v) is 5.77. The number of hydrogen-bond acceptors (Lipinski definition) is 7. The highest BCUT2D eigenvalue weighted by molar-refractivity contribution is 7.89. The van der Waals surface area contributed by atoms with Gasteiger partial charge in [0.1, 0.15) is 0 Å². The summed E-state index contributed by atoms with van der Waals surface area (Å²) in [5.41, 5.74) is -0.223. The number of sulfonamides is 1. The highest BCUT2D eigenvalue weighted by Gasteiger charge is 2.25. The molecule has 27 heavy (non-hydrogen) atoms. The Morgan fingerprint density at radius 2 is 1.85 bits per heavy atom. The largest absolute Gasteiger partial charge is 0.452 e.